The monoisotopic (exact) mass is 431 g/mol. The number of pyridine rings is 1. The summed E-state index contributed by atoms with van der Waals surface area (Å²) in [5, 5.41) is 11.2. The Labute approximate surface area is 184 Å². The minimum absolute atomic E-state index is 0.158. The van der Waals surface area contributed by atoms with Gasteiger partial charge < -0.3 is 19.3 Å². The van der Waals surface area contributed by atoms with Gasteiger partial charge in [-0.05, 0) is 41.3 Å². The van der Waals surface area contributed by atoms with Crippen molar-refractivity contribution in [3.8, 4) is 34.1 Å². The van der Waals surface area contributed by atoms with E-state index < -0.39 is 11.5 Å². The molecule has 0 aliphatic heterocycles. The number of ether oxygens (including phenoxy) is 3. The number of benzene rings is 3. The molecule has 0 aliphatic carbocycles. The maximum absolute atomic E-state index is 13.4. The second-order valence-corrected chi connectivity index (χ2v) is 6.96. The Bertz CT molecular complexity index is 1350. The van der Waals surface area contributed by atoms with Crippen molar-refractivity contribution in [1.29, 1.82) is 0 Å². The van der Waals surface area contributed by atoms with Crippen LogP contribution in [-0.2, 0) is 0 Å². The molecule has 1 aromatic heterocycles. The molecule has 32 heavy (non-hydrogen) atoms. The Morgan fingerprint density at radius 2 is 1.38 bits per heavy atom. The largest absolute Gasteiger partial charge is 0.493 e. The lowest BCUT2D eigenvalue weighted by atomic mass is 9.95. The standard InChI is InChI=1S/C25H21NO6/c1-30-19-13-15(14-20(31-2)23(19)32-3)21-17-11-7-8-12-18(17)24(27)26(22(21)25(28)29)16-9-5-4-6-10-16/h4-14H,1-3H3,(H,28,29). The zero-order valence-electron chi connectivity index (χ0n) is 17.8. The van der Waals surface area contributed by atoms with Gasteiger partial charge in [0.25, 0.3) is 5.56 Å². The summed E-state index contributed by atoms with van der Waals surface area (Å²) in [5.41, 5.74) is 0.762. The highest BCUT2D eigenvalue weighted by atomic mass is 16.5. The number of para-hydroxylation sites is 1. The van der Waals surface area contributed by atoms with Gasteiger partial charge in [-0.3, -0.25) is 9.36 Å². The molecule has 4 rings (SSSR count). The second kappa shape index (κ2) is 8.47. The maximum atomic E-state index is 13.4. The summed E-state index contributed by atoms with van der Waals surface area (Å²) in [5.74, 6) is -0.101. The fourth-order valence-corrected chi connectivity index (χ4v) is 3.89. The molecule has 3 aromatic carbocycles. The molecule has 7 nitrogen and oxygen atoms in total. The van der Waals surface area contributed by atoms with Crippen LogP contribution in [0.25, 0.3) is 27.6 Å². The number of carboxylic acid groups (broad SMARTS) is 1. The average Bonchev–Trinajstić information content (AvgIpc) is 2.83. The molecule has 1 heterocycles. The van der Waals surface area contributed by atoms with Gasteiger partial charge >= 0.3 is 5.97 Å². The fraction of sp³-hybridized carbons (Fsp3) is 0.120. The Morgan fingerprint density at radius 1 is 0.812 bits per heavy atom. The van der Waals surface area contributed by atoms with E-state index in [0.717, 1.165) is 0 Å². The lowest BCUT2D eigenvalue weighted by Crippen LogP contribution is -2.26. The topological polar surface area (TPSA) is 87.0 Å². The fourth-order valence-electron chi connectivity index (χ4n) is 3.89. The van der Waals surface area contributed by atoms with E-state index in [2.05, 4.69) is 0 Å². The van der Waals surface area contributed by atoms with E-state index in [4.69, 9.17) is 14.2 Å². The van der Waals surface area contributed by atoms with Crippen LogP contribution in [0.5, 0.6) is 17.2 Å². The zero-order valence-corrected chi connectivity index (χ0v) is 17.8. The van der Waals surface area contributed by atoms with Gasteiger partial charge in [0, 0.05) is 16.6 Å². The molecule has 0 unspecified atom stereocenters. The van der Waals surface area contributed by atoms with Gasteiger partial charge in [0.05, 0.1) is 21.3 Å². The summed E-state index contributed by atoms with van der Waals surface area (Å²) in [6.07, 6.45) is 0. The minimum Gasteiger partial charge on any atom is -0.493 e. The molecule has 0 spiro atoms. The van der Waals surface area contributed by atoms with Gasteiger partial charge in [0.1, 0.15) is 5.69 Å². The van der Waals surface area contributed by atoms with Crippen LogP contribution < -0.4 is 19.8 Å². The number of carbonyl (C=O) groups is 1. The van der Waals surface area contributed by atoms with Crippen LogP contribution in [0.2, 0.25) is 0 Å². The number of rotatable bonds is 6. The van der Waals surface area contributed by atoms with E-state index in [1.54, 1.807) is 66.7 Å². The molecule has 0 amide bonds. The molecule has 7 heteroatoms. The van der Waals surface area contributed by atoms with E-state index in [-0.39, 0.29) is 5.69 Å². The third-order valence-corrected chi connectivity index (χ3v) is 5.26. The molecule has 0 radical (unpaired) electrons. The average molecular weight is 431 g/mol. The Kier molecular flexibility index (Phi) is 5.55. The third kappa shape index (κ3) is 3.33. The lowest BCUT2D eigenvalue weighted by molar-refractivity contribution is 0.0688. The number of carboxylic acids is 1. The first-order valence-corrected chi connectivity index (χ1v) is 9.78. The number of hydrogen-bond acceptors (Lipinski definition) is 5. The van der Waals surface area contributed by atoms with Crippen LogP contribution in [0.1, 0.15) is 10.5 Å². The van der Waals surface area contributed by atoms with Crippen LogP contribution in [0.3, 0.4) is 0 Å². The van der Waals surface area contributed by atoms with Crippen LogP contribution in [0.15, 0.2) is 71.5 Å². The normalized spacial score (nSPS) is 10.7. The second-order valence-electron chi connectivity index (χ2n) is 6.96. The van der Waals surface area contributed by atoms with Gasteiger partial charge in [-0.25, -0.2) is 4.79 Å². The van der Waals surface area contributed by atoms with Crippen LogP contribution in [-0.4, -0.2) is 37.0 Å². The van der Waals surface area contributed by atoms with Crippen molar-refractivity contribution >= 4 is 16.7 Å². The Balaban J connectivity index is 2.22. The minimum atomic E-state index is -1.24. The molecule has 0 fully saturated rings. The Morgan fingerprint density at radius 3 is 1.91 bits per heavy atom. The van der Waals surface area contributed by atoms with Crippen molar-refractivity contribution in [3.63, 3.8) is 0 Å². The maximum Gasteiger partial charge on any atom is 0.353 e. The van der Waals surface area contributed by atoms with E-state index >= 15 is 0 Å². The zero-order chi connectivity index (χ0) is 22.8. The number of methoxy groups -OCH3 is 3. The molecule has 1 N–H and O–H groups in total. The summed E-state index contributed by atoms with van der Waals surface area (Å²) in [6, 6.07) is 19.0. The van der Waals surface area contributed by atoms with E-state index in [9.17, 15) is 14.7 Å². The molecule has 4 aromatic rings. The molecular weight excluding hydrogens is 410 g/mol. The molecule has 162 valence electrons. The first-order valence-electron chi connectivity index (χ1n) is 9.78. The highest BCUT2D eigenvalue weighted by Gasteiger charge is 2.25. The quantitative estimate of drug-likeness (QED) is 0.488. The van der Waals surface area contributed by atoms with Crippen molar-refractivity contribution in [2.24, 2.45) is 0 Å². The smallest absolute Gasteiger partial charge is 0.353 e. The van der Waals surface area contributed by atoms with Crippen molar-refractivity contribution in [2.45, 2.75) is 0 Å². The molecule has 0 bridgehead atoms. The van der Waals surface area contributed by atoms with Crippen molar-refractivity contribution < 1.29 is 24.1 Å². The SMILES string of the molecule is COc1cc(-c2c(C(=O)O)n(-c3ccccc3)c(=O)c3ccccc23)cc(OC)c1OC. The van der Waals surface area contributed by atoms with Crippen molar-refractivity contribution in [3.05, 3.63) is 82.8 Å². The lowest BCUT2D eigenvalue weighted by Gasteiger charge is -2.19. The summed E-state index contributed by atoms with van der Waals surface area (Å²) in [7, 11) is 4.47. The molecule has 0 saturated carbocycles. The number of aromatic carboxylic acids is 1. The van der Waals surface area contributed by atoms with Crippen LogP contribution in [0.4, 0.5) is 0 Å². The molecular formula is C25H21NO6. The van der Waals surface area contributed by atoms with Crippen LogP contribution >= 0.6 is 0 Å². The van der Waals surface area contributed by atoms with E-state index in [1.165, 1.54) is 25.9 Å². The number of nitrogens with zero attached hydrogens (tertiary/aromatic N) is 1. The van der Waals surface area contributed by atoms with Crippen molar-refractivity contribution in [2.75, 3.05) is 21.3 Å². The summed E-state index contributed by atoms with van der Waals surface area (Å²) < 4.78 is 17.6. The van der Waals surface area contributed by atoms with Crippen LogP contribution in [0, 0.1) is 0 Å². The highest BCUT2D eigenvalue weighted by molar-refractivity contribution is 6.07. The number of aromatic nitrogens is 1. The molecule has 0 atom stereocenters. The summed E-state index contributed by atoms with van der Waals surface area (Å²) >= 11 is 0. The third-order valence-electron chi connectivity index (χ3n) is 5.26. The van der Waals surface area contributed by atoms with Gasteiger partial charge in [0.2, 0.25) is 5.75 Å². The first-order chi connectivity index (χ1) is 15.5. The van der Waals surface area contributed by atoms with Gasteiger partial charge in [0.15, 0.2) is 11.5 Å². The summed E-state index contributed by atoms with van der Waals surface area (Å²) in [4.78, 5) is 26.0. The highest BCUT2D eigenvalue weighted by Crippen LogP contribution is 2.43. The van der Waals surface area contributed by atoms with Gasteiger partial charge in [-0.2, -0.15) is 0 Å². The van der Waals surface area contributed by atoms with Gasteiger partial charge in [-0.15, -0.1) is 0 Å². The van der Waals surface area contributed by atoms with Gasteiger partial charge in [-0.1, -0.05) is 36.4 Å². The Hall–Kier alpha value is -4.26. The first kappa shape index (κ1) is 21.0. The molecule has 0 aliphatic rings. The van der Waals surface area contributed by atoms with E-state index in [1.807, 2.05) is 0 Å². The predicted molar refractivity (Wildman–Crippen MR) is 122 cm³/mol. The summed E-state index contributed by atoms with van der Waals surface area (Å²) in [6.45, 7) is 0. The number of hydrogen-bond donors (Lipinski definition) is 1. The van der Waals surface area contributed by atoms with Crippen molar-refractivity contribution in [1.82, 2.24) is 4.57 Å². The predicted octanol–water partition coefficient (Wildman–Crippen LogP) is 4.38. The molecule has 0 saturated heterocycles. The van der Waals surface area contributed by atoms with E-state index in [0.29, 0.717) is 44.8 Å². The number of fused-ring (bicyclic) bond motifs is 1.